The first-order valence-corrected chi connectivity index (χ1v) is 6.93. The van der Waals surface area contributed by atoms with Crippen molar-refractivity contribution in [3.63, 3.8) is 0 Å². The van der Waals surface area contributed by atoms with Gasteiger partial charge in [0.05, 0.1) is 0 Å². The number of hydrogen-bond acceptors (Lipinski definition) is 0. The second-order valence-electron chi connectivity index (χ2n) is 6.11. The van der Waals surface area contributed by atoms with Crippen LogP contribution in [0, 0.1) is 29.6 Å². The predicted molar refractivity (Wildman–Crippen MR) is 81.3 cm³/mol. The molecule has 0 amide bonds. The van der Waals surface area contributed by atoms with Gasteiger partial charge in [0, 0.05) is 5.57 Å². The summed E-state index contributed by atoms with van der Waals surface area (Å²) in [6.45, 7) is 9.52. The Morgan fingerprint density at radius 2 is 1.78 bits per heavy atom. The van der Waals surface area contributed by atoms with Crippen molar-refractivity contribution in [2.24, 2.45) is 17.3 Å². The van der Waals surface area contributed by atoms with Gasteiger partial charge in [-0.25, -0.2) is 0 Å². The lowest BCUT2D eigenvalue weighted by molar-refractivity contribution is 0.156. The average Bonchev–Trinajstić information content (AvgIpc) is 2.69. The van der Waals surface area contributed by atoms with Gasteiger partial charge in [0.25, 0.3) is 0 Å². The fraction of sp³-hybridized carbons (Fsp3) is 0.667. The third-order valence-corrected chi connectivity index (χ3v) is 5.00. The monoisotopic (exact) mass is 244 g/mol. The van der Waals surface area contributed by atoms with Crippen molar-refractivity contribution in [3.8, 4) is 12.3 Å². The zero-order valence-electron chi connectivity index (χ0n) is 11.6. The first kappa shape index (κ1) is 15.1. The van der Waals surface area contributed by atoms with Crippen molar-refractivity contribution in [3.05, 3.63) is 22.8 Å². The molecule has 2 rings (SSSR count). The van der Waals surface area contributed by atoms with E-state index in [1.165, 1.54) is 30.4 Å². The molecule has 0 radical (unpaired) electrons. The van der Waals surface area contributed by atoms with E-state index in [-0.39, 0.29) is 7.43 Å². The second-order valence-corrected chi connectivity index (χ2v) is 6.11. The minimum atomic E-state index is 0. The molecule has 0 fully saturated rings. The van der Waals surface area contributed by atoms with Crippen molar-refractivity contribution >= 4 is 0 Å². The van der Waals surface area contributed by atoms with Gasteiger partial charge < -0.3 is 0 Å². The molecule has 0 spiro atoms. The summed E-state index contributed by atoms with van der Waals surface area (Å²) in [7, 11) is 0. The van der Waals surface area contributed by atoms with Crippen LogP contribution in [-0.2, 0) is 0 Å². The largest absolute Gasteiger partial charge is 0.115 e. The van der Waals surface area contributed by atoms with Gasteiger partial charge in [0.2, 0.25) is 0 Å². The Bertz CT molecular complexity index is 402. The lowest BCUT2D eigenvalue weighted by Crippen LogP contribution is -2.33. The molecule has 0 aliphatic heterocycles. The molecule has 2 aliphatic rings. The van der Waals surface area contributed by atoms with Crippen LogP contribution in [0.15, 0.2) is 22.8 Å². The van der Waals surface area contributed by atoms with E-state index in [1.807, 2.05) is 0 Å². The fourth-order valence-electron chi connectivity index (χ4n) is 4.17. The van der Waals surface area contributed by atoms with Gasteiger partial charge in [-0.3, -0.25) is 0 Å². The van der Waals surface area contributed by atoms with E-state index in [2.05, 4.69) is 39.7 Å². The molecule has 0 atom stereocenters. The summed E-state index contributed by atoms with van der Waals surface area (Å²) in [5.41, 5.74) is 4.81. The molecule has 0 heteroatoms. The van der Waals surface area contributed by atoms with Crippen LogP contribution in [0.25, 0.3) is 0 Å². The third-order valence-electron chi connectivity index (χ3n) is 5.00. The Morgan fingerprint density at radius 1 is 1.17 bits per heavy atom. The highest BCUT2D eigenvalue weighted by Crippen LogP contribution is 2.57. The first-order chi connectivity index (χ1) is 8.04. The Morgan fingerprint density at radius 3 is 2.28 bits per heavy atom. The molecule has 0 saturated heterocycles. The van der Waals surface area contributed by atoms with Gasteiger partial charge in [-0.2, -0.15) is 0 Å². The Kier molecular flexibility index (Phi) is 4.49. The Hall–Kier alpha value is -0.960. The number of rotatable bonds is 2. The van der Waals surface area contributed by atoms with Crippen LogP contribution in [-0.4, -0.2) is 0 Å². The van der Waals surface area contributed by atoms with Crippen LogP contribution in [0.3, 0.4) is 0 Å². The van der Waals surface area contributed by atoms with Crippen LogP contribution in [0.5, 0.6) is 0 Å². The topological polar surface area (TPSA) is 0 Å². The molecule has 0 unspecified atom stereocenters. The van der Waals surface area contributed by atoms with Crippen molar-refractivity contribution in [2.75, 3.05) is 0 Å². The summed E-state index contributed by atoms with van der Waals surface area (Å²) in [6, 6.07) is 0. The van der Waals surface area contributed by atoms with E-state index in [0.717, 1.165) is 6.42 Å². The number of allylic oxidation sites excluding steroid dienone is 4. The van der Waals surface area contributed by atoms with Crippen molar-refractivity contribution in [2.45, 2.75) is 60.8 Å². The lowest BCUT2D eigenvalue weighted by Gasteiger charge is -2.41. The molecule has 0 aromatic rings. The smallest absolute Gasteiger partial charge is 0.0234 e. The molecule has 0 nitrogen and oxygen atoms in total. The zero-order chi connectivity index (χ0) is 12.6. The quantitative estimate of drug-likeness (QED) is 0.573. The zero-order valence-corrected chi connectivity index (χ0v) is 11.6. The van der Waals surface area contributed by atoms with E-state index in [0.29, 0.717) is 17.3 Å². The molecule has 0 saturated carbocycles. The SMILES string of the molecule is C.C#CC1=CCCC2=C1CCC2(C(C)C)C(C)C. The molecule has 0 aromatic carbocycles. The van der Waals surface area contributed by atoms with Crippen molar-refractivity contribution in [1.82, 2.24) is 0 Å². The molecule has 0 heterocycles. The summed E-state index contributed by atoms with van der Waals surface area (Å²) in [6.07, 6.45) is 12.8. The first-order valence-electron chi connectivity index (χ1n) is 6.93. The molecule has 18 heavy (non-hydrogen) atoms. The van der Waals surface area contributed by atoms with Gasteiger partial charge in [0.15, 0.2) is 0 Å². The standard InChI is InChI=1S/C17H24.CH4/c1-6-14-8-7-9-16-15(14)10-11-17(16,12(2)3)13(4)5;/h1,8,12-13H,7,9-11H2,2-5H3;1H4. The van der Waals surface area contributed by atoms with Crippen LogP contribution in [0.2, 0.25) is 0 Å². The third kappa shape index (κ3) is 1.95. The molecular formula is C18H28. The predicted octanol–water partition coefficient (Wildman–Crippen LogP) is 5.36. The van der Waals surface area contributed by atoms with Crippen molar-refractivity contribution < 1.29 is 0 Å². The molecule has 100 valence electrons. The summed E-state index contributed by atoms with van der Waals surface area (Å²) in [5.74, 6) is 4.32. The number of terminal acetylenes is 1. The Labute approximate surface area is 114 Å². The molecule has 0 N–H and O–H groups in total. The van der Waals surface area contributed by atoms with Gasteiger partial charge in [0.1, 0.15) is 0 Å². The second kappa shape index (κ2) is 5.35. The summed E-state index contributed by atoms with van der Waals surface area (Å²) in [4.78, 5) is 0. The summed E-state index contributed by atoms with van der Waals surface area (Å²) >= 11 is 0. The molecule has 0 aromatic heterocycles. The van der Waals surface area contributed by atoms with E-state index in [1.54, 1.807) is 5.57 Å². The normalized spacial score (nSPS) is 21.5. The Balaban J connectivity index is 0.00000162. The summed E-state index contributed by atoms with van der Waals surface area (Å²) < 4.78 is 0. The van der Waals surface area contributed by atoms with Crippen LogP contribution in [0.1, 0.15) is 60.8 Å². The van der Waals surface area contributed by atoms with E-state index in [4.69, 9.17) is 6.42 Å². The van der Waals surface area contributed by atoms with Crippen LogP contribution >= 0.6 is 0 Å². The molecular weight excluding hydrogens is 216 g/mol. The van der Waals surface area contributed by atoms with Gasteiger partial charge in [-0.1, -0.05) is 52.7 Å². The molecule has 0 bridgehead atoms. The van der Waals surface area contributed by atoms with Crippen molar-refractivity contribution in [1.29, 1.82) is 0 Å². The minimum Gasteiger partial charge on any atom is -0.115 e. The van der Waals surface area contributed by atoms with Gasteiger partial charge >= 0.3 is 0 Å². The van der Waals surface area contributed by atoms with Crippen LogP contribution in [0.4, 0.5) is 0 Å². The highest BCUT2D eigenvalue weighted by molar-refractivity contribution is 5.53. The summed E-state index contributed by atoms with van der Waals surface area (Å²) in [5, 5.41) is 0. The van der Waals surface area contributed by atoms with Gasteiger partial charge in [-0.15, -0.1) is 6.42 Å². The highest BCUT2D eigenvalue weighted by Gasteiger charge is 2.45. The maximum Gasteiger partial charge on any atom is 0.0234 e. The lowest BCUT2D eigenvalue weighted by atomic mass is 9.63. The van der Waals surface area contributed by atoms with E-state index >= 15 is 0 Å². The van der Waals surface area contributed by atoms with E-state index < -0.39 is 0 Å². The molecule has 2 aliphatic carbocycles. The van der Waals surface area contributed by atoms with Crippen LogP contribution < -0.4 is 0 Å². The van der Waals surface area contributed by atoms with E-state index in [9.17, 15) is 0 Å². The number of hydrogen-bond donors (Lipinski definition) is 0. The highest BCUT2D eigenvalue weighted by atomic mass is 14.5. The maximum atomic E-state index is 5.65. The maximum absolute atomic E-state index is 5.65. The fourth-order valence-corrected chi connectivity index (χ4v) is 4.17. The van der Waals surface area contributed by atoms with Gasteiger partial charge in [-0.05, 0) is 48.5 Å². The average molecular weight is 244 g/mol. The minimum absolute atomic E-state index is 0.